The molecule has 0 aromatic heterocycles. The fourth-order valence-corrected chi connectivity index (χ4v) is 3.69. The van der Waals surface area contributed by atoms with E-state index in [1.165, 1.54) is 7.05 Å². The summed E-state index contributed by atoms with van der Waals surface area (Å²) in [5, 5.41) is 2.75. The Labute approximate surface area is 176 Å². The van der Waals surface area contributed by atoms with Crippen molar-refractivity contribution in [3.05, 3.63) is 102 Å². The number of benzene rings is 3. The fraction of sp³-hybridized carbons (Fsp3) is 0.130. The molecule has 0 bridgehead atoms. The lowest BCUT2D eigenvalue weighted by Crippen LogP contribution is -2.38. The maximum absolute atomic E-state index is 13.2. The molecule has 3 aromatic carbocycles. The van der Waals surface area contributed by atoms with Gasteiger partial charge in [0.25, 0.3) is 0 Å². The van der Waals surface area contributed by atoms with E-state index in [0.717, 1.165) is 10.6 Å². The number of sulfonamides is 1. The third-order valence-corrected chi connectivity index (χ3v) is 5.97. The zero-order chi connectivity index (χ0) is 21.7. The molecule has 0 unspecified atom stereocenters. The molecule has 1 atom stereocenters. The summed E-state index contributed by atoms with van der Waals surface area (Å²) in [6.07, 6.45) is 1.04. The standard InChI is InChI=1S/C23H22N2O4S/c1-25(30(2,28)29)21(17-11-5-3-6-12-17)23(27)24-20-16-10-9-15-19(20)22(26)18-13-7-4-8-14-18/h3-16,21H,1-2H3,(H,24,27)/t21-/m0/s1. The van der Waals surface area contributed by atoms with Crippen molar-refractivity contribution in [1.82, 2.24) is 4.31 Å². The van der Waals surface area contributed by atoms with Gasteiger partial charge < -0.3 is 5.32 Å². The Hall–Kier alpha value is -3.29. The summed E-state index contributed by atoms with van der Waals surface area (Å²) >= 11 is 0. The highest BCUT2D eigenvalue weighted by molar-refractivity contribution is 7.88. The highest BCUT2D eigenvalue weighted by atomic mass is 32.2. The maximum atomic E-state index is 13.2. The second-order valence-electron chi connectivity index (χ2n) is 6.82. The van der Waals surface area contributed by atoms with Crippen LogP contribution in [0.2, 0.25) is 0 Å². The van der Waals surface area contributed by atoms with Crippen LogP contribution in [-0.4, -0.2) is 37.7 Å². The number of anilines is 1. The van der Waals surface area contributed by atoms with E-state index in [-0.39, 0.29) is 5.78 Å². The number of para-hydroxylation sites is 1. The molecule has 0 fully saturated rings. The van der Waals surface area contributed by atoms with E-state index < -0.39 is 22.0 Å². The molecule has 154 valence electrons. The minimum Gasteiger partial charge on any atom is -0.324 e. The van der Waals surface area contributed by atoms with Crippen LogP contribution in [0.3, 0.4) is 0 Å². The van der Waals surface area contributed by atoms with Crippen LogP contribution < -0.4 is 5.32 Å². The van der Waals surface area contributed by atoms with Gasteiger partial charge in [0.05, 0.1) is 11.9 Å². The van der Waals surface area contributed by atoms with Gasteiger partial charge >= 0.3 is 0 Å². The Kier molecular flexibility index (Phi) is 6.44. The monoisotopic (exact) mass is 422 g/mol. The fourth-order valence-electron chi connectivity index (χ4n) is 3.09. The number of amides is 1. The van der Waals surface area contributed by atoms with Gasteiger partial charge in [-0.05, 0) is 17.7 Å². The Balaban J connectivity index is 1.97. The van der Waals surface area contributed by atoms with E-state index in [1.54, 1.807) is 78.9 Å². The van der Waals surface area contributed by atoms with Crippen LogP contribution in [0.15, 0.2) is 84.9 Å². The van der Waals surface area contributed by atoms with Crippen LogP contribution in [0.5, 0.6) is 0 Å². The highest BCUT2D eigenvalue weighted by Gasteiger charge is 2.31. The van der Waals surface area contributed by atoms with Crippen LogP contribution in [0.1, 0.15) is 27.5 Å². The van der Waals surface area contributed by atoms with Crippen molar-refractivity contribution in [3.8, 4) is 0 Å². The number of rotatable bonds is 7. The number of carbonyl (C=O) groups is 2. The van der Waals surface area contributed by atoms with E-state index in [2.05, 4.69) is 5.32 Å². The minimum absolute atomic E-state index is 0.237. The van der Waals surface area contributed by atoms with Crippen molar-refractivity contribution in [3.63, 3.8) is 0 Å². The second-order valence-corrected chi connectivity index (χ2v) is 8.86. The molecular formula is C23H22N2O4S. The van der Waals surface area contributed by atoms with Crippen molar-refractivity contribution in [2.24, 2.45) is 0 Å². The zero-order valence-electron chi connectivity index (χ0n) is 16.6. The number of ketones is 1. The van der Waals surface area contributed by atoms with Crippen molar-refractivity contribution < 1.29 is 18.0 Å². The van der Waals surface area contributed by atoms with Crippen molar-refractivity contribution >= 4 is 27.4 Å². The molecular weight excluding hydrogens is 400 g/mol. The third-order valence-electron chi connectivity index (χ3n) is 4.72. The largest absolute Gasteiger partial charge is 0.324 e. The van der Waals surface area contributed by atoms with E-state index in [9.17, 15) is 18.0 Å². The van der Waals surface area contributed by atoms with E-state index >= 15 is 0 Å². The van der Waals surface area contributed by atoms with Crippen LogP contribution in [-0.2, 0) is 14.8 Å². The van der Waals surface area contributed by atoms with E-state index in [1.807, 2.05) is 6.07 Å². The first-order valence-corrected chi connectivity index (χ1v) is 11.1. The number of nitrogens with one attached hydrogen (secondary N) is 1. The summed E-state index contributed by atoms with van der Waals surface area (Å²) in [7, 11) is -2.30. The van der Waals surface area contributed by atoms with Gasteiger partial charge in [0, 0.05) is 18.2 Å². The summed E-state index contributed by atoms with van der Waals surface area (Å²) in [4.78, 5) is 26.1. The number of likely N-dealkylation sites (N-methyl/N-ethyl adjacent to an activating group) is 1. The van der Waals surface area contributed by atoms with Crippen LogP contribution in [0, 0.1) is 0 Å². The molecule has 0 saturated carbocycles. The van der Waals surface area contributed by atoms with Crippen molar-refractivity contribution in [2.45, 2.75) is 6.04 Å². The van der Waals surface area contributed by atoms with Gasteiger partial charge in [0.1, 0.15) is 6.04 Å². The van der Waals surface area contributed by atoms with Gasteiger partial charge in [0.15, 0.2) is 5.78 Å². The Morgan fingerprint density at radius 2 is 1.37 bits per heavy atom. The van der Waals surface area contributed by atoms with Crippen molar-refractivity contribution in [1.29, 1.82) is 0 Å². The van der Waals surface area contributed by atoms with Gasteiger partial charge in [-0.1, -0.05) is 72.8 Å². The lowest BCUT2D eigenvalue weighted by molar-refractivity contribution is -0.119. The molecule has 0 spiro atoms. The summed E-state index contributed by atoms with van der Waals surface area (Å²) in [5.74, 6) is -0.790. The molecule has 1 amide bonds. The Morgan fingerprint density at radius 3 is 1.97 bits per heavy atom. The number of carbonyl (C=O) groups excluding carboxylic acids is 2. The van der Waals surface area contributed by atoms with Gasteiger partial charge in [-0.3, -0.25) is 9.59 Å². The molecule has 0 heterocycles. The third kappa shape index (κ3) is 4.82. The summed E-state index contributed by atoms with van der Waals surface area (Å²) < 4.78 is 25.3. The second kappa shape index (κ2) is 9.02. The SMILES string of the molecule is CN([C@H](C(=O)Nc1ccccc1C(=O)c1ccccc1)c1ccccc1)S(C)(=O)=O. The molecule has 3 aromatic rings. The zero-order valence-corrected chi connectivity index (χ0v) is 17.5. The molecule has 0 saturated heterocycles. The average Bonchev–Trinajstić information content (AvgIpc) is 2.74. The first-order chi connectivity index (χ1) is 14.3. The van der Waals surface area contributed by atoms with E-state index in [4.69, 9.17) is 0 Å². The quantitative estimate of drug-likeness (QED) is 0.591. The summed E-state index contributed by atoms with van der Waals surface area (Å²) in [6.45, 7) is 0. The first-order valence-electron chi connectivity index (χ1n) is 9.26. The molecule has 7 heteroatoms. The predicted octanol–water partition coefficient (Wildman–Crippen LogP) is 3.49. The predicted molar refractivity (Wildman–Crippen MR) is 117 cm³/mol. The first kappa shape index (κ1) is 21.4. The molecule has 0 aliphatic carbocycles. The molecule has 1 N–H and O–H groups in total. The van der Waals surface area contributed by atoms with Crippen LogP contribution >= 0.6 is 0 Å². The smallest absolute Gasteiger partial charge is 0.247 e. The molecule has 0 aliphatic heterocycles. The molecule has 30 heavy (non-hydrogen) atoms. The number of hydrogen-bond donors (Lipinski definition) is 1. The van der Waals surface area contributed by atoms with Crippen molar-refractivity contribution in [2.75, 3.05) is 18.6 Å². The number of hydrogen-bond acceptors (Lipinski definition) is 4. The van der Waals surface area contributed by atoms with Gasteiger partial charge in [-0.25, -0.2) is 8.42 Å². The van der Waals surface area contributed by atoms with Gasteiger partial charge in [-0.15, -0.1) is 0 Å². The van der Waals surface area contributed by atoms with E-state index in [0.29, 0.717) is 22.4 Å². The van der Waals surface area contributed by atoms with Crippen LogP contribution in [0.25, 0.3) is 0 Å². The highest BCUT2D eigenvalue weighted by Crippen LogP contribution is 2.26. The lowest BCUT2D eigenvalue weighted by Gasteiger charge is -2.26. The maximum Gasteiger partial charge on any atom is 0.247 e. The summed E-state index contributed by atoms with van der Waals surface area (Å²) in [5.41, 5.74) is 1.66. The van der Waals surface area contributed by atoms with Crippen LogP contribution in [0.4, 0.5) is 5.69 Å². The minimum atomic E-state index is -3.65. The average molecular weight is 423 g/mol. The normalized spacial score (nSPS) is 12.4. The molecule has 6 nitrogen and oxygen atoms in total. The van der Waals surface area contributed by atoms with Gasteiger partial charge in [0.2, 0.25) is 15.9 Å². The molecule has 0 aliphatic rings. The van der Waals surface area contributed by atoms with Gasteiger partial charge in [-0.2, -0.15) is 4.31 Å². The topological polar surface area (TPSA) is 83.6 Å². The Morgan fingerprint density at radius 1 is 0.833 bits per heavy atom. The summed E-state index contributed by atoms with van der Waals surface area (Å²) in [6, 6.07) is 23.0. The Bertz CT molecular complexity index is 1150. The number of nitrogens with zero attached hydrogens (tertiary/aromatic N) is 1. The lowest BCUT2D eigenvalue weighted by atomic mass is 10.0. The molecule has 0 radical (unpaired) electrons. The molecule has 3 rings (SSSR count).